The molecule has 0 radical (unpaired) electrons. The van der Waals surface area contributed by atoms with Crippen LogP contribution in [0.5, 0.6) is 11.5 Å². The van der Waals surface area contributed by atoms with Gasteiger partial charge in [0.05, 0.1) is 24.1 Å². The first-order valence-electron chi connectivity index (χ1n) is 9.02. The van der Waals surface area contributed by atoms with Gasteiger partial charge in [0.2, 0.25) is 0 Å². The van der Waals surface area contributed by atoms with Crippen molar-refractivity contribution < 1.29 is 32.9 Å². The van der Waals surface area contributed by atoms with Gasteiger partial charge < -0.3 is 14.9 Å². The van der Waals surface area contributed by atoms with Gasteiger partial charge in [-0.15, -0.1) is 0 Å². The minimum Gasteiger partial charge on any atom is -0.505 e. The number of halogens is 3. The highest BCUT2D eigenvalue weighted by molar-refractivity contribution is 5.91. The van der Waals surface area contributed by atoms with Crippen molar-refractivity contribution in [1.82, 2.24) is 4.98 Å². The number of benzene rings is 1. The Morgan fingerprint density at radius 1 is 1.18 bits per heavy atom. The largest absolute Gasteiger partial charge is 0.505 e. The lowest BCUT2D eigenvalue weighted by molar-refractivity contribution is -0.139. The first kappa shape index (κ1) is 20.0. The van der Waals surface area contributed by atoms with Gasteiger partial charge in [0.15, 0.2) is 0 Å². The Morgan fingerprint density at radius 3 is 2.54 bits per heavy atom. The van der Waals surface area contributed by atoms with E-state index in [0.717, 1.165) is 50.4 Å². The van der Waals surface area contributed by atoms with Crippen LogP contribution in [0.2, 0.25) is 0 Å². The molecule has 1 aliphatic carbocycles. The molecule has 1 saturated carbocycles. The summed E-state index contributed by atoms with van der Waals surface area (Å²) in [5, 5.41) is 18.6. The van der Waals surface area contributed by atoms with Crippen LogP contribution in [0.25, 0.3) is 11.3 Å². The first-order valence-corrected chi connectivity index (χ1v) is 9.02. The highest BCUT2D eigenvalue weighted by Crippen LogP contribution is 2.39. The third-order valence-corrected chi connectivity index (χ3v) is 4.89. The highest BCUT2D eigenvalue weighted by atomic mass is 19.4. The van der Waals surface area contributed by atoms with Crippen LogP contribution in [-0.4, -0.2) is 27.8 Å². The summed E-state index contributed by atoms with van der Waals surface area (Å²) in [4.78, 5) is 15.0. The smallest absolute Gasteiger partial charge is 0.419 e. The van der Waals surface area contributed by atoms with Crippen LogP contribution in [0.15, 0.2) is 30.5 Å². The van der Waals surface area contributed by atoms with Crippen LogP contribution in [0.1, 0.15) is 48.0 Å². The molecule has 3 rings (SSSR count). The molecule has 28 heavy (non-hydrogen) atoms. The van der Waals surface area contributed by atoms with Crippen LogP contribution >= 0.6 is 0 Å². The number of aromatic hydroxyl groups is 1. The van der Waals surface area contributed by atoms with E-state index in [1.807, 2.05) is 0 Å². The van der Waals surface area contributed by atoms with E-state index in [1.165, 1.54) is 12.1 Å². The van der Waals surface area contributed by atoms with Crippen molar-refractivity contribution >= 4 is 5.97 Å². The predicted octanol–water partition coefficient (Wildman–Crippen LogP) is 5.13. The van der Waals surface area contributed by atoms with E-state index < -0.39 is 29.0 Å². The number of pyridine rings is 1. The minimum absolute atomic E-state index is 0.0135. The topological polar surface area (TPSA) is 79.7 Å². The molecule has 1 aromatic heterocycles. The third-order valence-electron chi connectivity index (χ3n) is 4.89. The molecule has 0 saturated heterocycles. The number of alkyl halides is 3. The molecule has 1 aromatic carbocycles. The maximum absolute atomic E-state index is 13.5. The number of hydrogen-bond acceptors (Lipinski definition) is 4. The van der Waals surface area contributed by atoms with E-state index in [1.54, 1.807) is 0 Å². The molecule has 0 amide bonds. The maximum Gasteiger partial charge on any atom is 0.419 e. The van der Waals surface area contributed by atoms with Crippen molar-refractivity contribution in [2.45, 2.75) is 38.3 Å². The number of nitrogens with zero attached hydrogens (tertiary/aromatic N) is 1. The van der Waals surface area contributed by atoms with Crippen molar-refractivity contribution in [3.8, 4) is 22.8 Å². The predicted molar refractivity (Wildman–Crippen MR) is 95.4 cm³/mol. The SMILES string of the molecule is O=C(O)c1cc(-c2ccc(OCC3CCCCC3)c(C(F)(F)F)c2)ncc1O. The summed E-state index contributed by atoms with van der Waals surface area (Å²) in [6.45, 7) is 0.239. The van der Waals surface area contributed by atoms with E-state index in [0.29, 0.717) is 0 Å². The number of hydrogen-bond donors (Lipinski definition) is 2. The summed E-state index contributed by atoms with van der Waals surface area (Å²) in [7, 11) is 0. The Balaban J connectivity index is 1.90. The van der Waals surface area contributed by atoms with E-state index in [4.69, 9.17) is 9.84 Å². The number of aromatic nitrogens is 1. The Labute approximate surface area is 159 Å². The molecule has 0 aliphatic heterocycles. The molecule has 2 N–H and O–H groups in total. The Kier molecular flexibility index (Phi) is 5.76. The molecule has 1 aliphatic rings. The molecule has 0 spiro atoms. The Bertz CT molecular complexity index is 861. The summed E-state index contributed by atoms with van der Waals surface area (Å²) in [5.41, 5.74) is -1.27. The number of rotatable bonds is 5. The second-order valence-corrected chi connectivity index (χ2v) is 6.92. The van der Waals surface area contributed by atoms with E-state index in [-0.39, 0.29) is 29.5 Å². The van der Waals surface area contributed by atoms with E-state index in [9.17, 15) is 23.1 Å². The van der Waals surface area contributed by atoms with Crippen molar-refractivity contribution in [3.63, 3.8) is 0 Å². The number of carbonyl (C=O) groups is 1. The van der Waals surface area contributed by atoms with Crippen LogP contribution in [-0.2, 0) is 6.18 Å². The lowest BCUT2D eigenvalue weighted by Crippen LogP contribution is -2.17. The van der Waals surface area contributed by atoms with Gasteiger partial charge in [-0.05, 0) is 43.0 Å². The van der Waals surface area contributed by atoms with Crippen LogP contribution in [0, 0.1) is 5.92 Å². The molecule has 0 unspecified atom stereocenters. The molecule has 1 heterocycles. The molecule has 2 aromatic rings. The Hall–Kier alpha value is -2.77. The lowest BCUT2D eigenvalue weighted by atomic mass is 9.90. The maximum atomic E-state index is 13.5. The van der Waals surface area contributed by atoms with Crippen LogP contribution in [0.4, 0.5) is 13.2 Å². The molecular weight excluding hydrogens is 375 g/mol. The number of aromatic carboxylic acids is 1. The molecule has 5 nitrogen and oxygen atoms in total. The third kappa shape index (κ3) is 4.55. The fourth-order valence-electron chi connectivity index (χ4n) is 3.38. The normalized spacial score (nSPS) is 15.4. The van der Waals surface area contributed by atoms with Crippen LogP contribution < -0.4 is 4.74 Å². The first-order chi connectivity index (χ1) is 13.3. The monoisotopic (exact) mass is 395 g/mol. The van der Waals surface area contributed by atoms with Gasteiger partial charge in [0, 0.05) is 5.56 Å². The summed E-state index contributed by atoms with van der Waals surface area (Å²) in [6.07, 6.45) is 1.46. The number of carboxylic acid groups (broad SMARTS) is 1. The number of carboxylic acids is 1. The van der Waals surface area contributed by atoms with E-state index >= 15 is 0 Å². The quantitative estimate of drug-likeness (QED) is 0.734. The second-order valence-electron chi connectivity index (χ2n) is 6.92. The van der Waals surface area contributed by atoms with Gasteiger partial charge in [-0.3, -0.25) is 4.98 Å². The molecular formula is C20H20F3NO4. The van der Waals surface area contributed by atoms with Gasteiger partial charge in [0.25, 0.3) is 0 Å². The second kappa shape index (κ2) is 8.08. The average Bonchev–Trinajstić information content (AvgIpc) is 2.66. The number of ether oxygens (including phenoxy) is 1. The van der Waals surface area contributed by atoms with Gasteiger partial charge in [-0.1, -0.05) is 19.3 Å². The van der Waals surface area contributed by atoms with Gasteiger partial charge in [-0.2, -0.15) is 13.2 Å². The molecule has 0 bridgehead atoms. The fourth-order valence-corrected chi connectivity index (χ4v) is 3.38. The van der Waals surface area contributed by atoms with Crippen molar-refractivity contribution in [3.05, 3.63) is 41.6 Å². The summed E-state index contributed by atoms with van der Waals surface area (Å²) >= 11 is 0. The zero-order valence-electron chi connectivity index (χ0n) is 15.0. The van der Waals surface area contributed by atoms with Crippen molar-refractivity contribution in [2.75, 3.05) is 6.61 Å². The zero-order chi connectivity index (χ0) is 20.3. The minimum atomic E-state index is -4.63. The fraction of sp³-hybridized carbons (Fsp3) is 0.400. The van der Waals surface area contributed by atoms with Crippen molar-refractivity contribution in [2.24, 2.45) is 5.92 Å². The highest BCUT2D eigenvalue weighted by Gasteiger charge is 2.35. The lowest BCUT2D eigenvalue weighted by Gasteiger charge is -2.23. The summed E-state index contributed by atoms with van der Waals surface area (Å²) in [6, 6.07) is 4.56. The molecule has 150 valence electrons. The molecule has 0 atom stereocenters. The van der Waals surface area contributed by atoms with Gasteiger partial charge in [-0.25, -0.2) is 4.79 Å². The summed E-state index contributed by atoms with van der Waals surface area (Å²) in [5.74, 6) is -1.95. The Morgan fingerprint density at radius 2 is 1.89 bits per heavy atom. The summed E-state index contributed by atoms with van der Waals surface area (Å²) < 4.78 is 46.1. The molecule has 8 heteroatoms. The van der Waals surface area contributed by atoms with Crippen LogP contribution in [0.3, 0.4) is 0 Å². The average molecular weight is 395 g/mol. The zero-order valence-corrected chi connectivity index (χ0v) is 15.0. The standard InChI is InChI=1S/C20H20F3NO4/c21-20(22,23)15-8-13(16-9-14(19(26)27)17(25)10-24-16)6-7-18(15)28-11-12-4-2-1-3-5-12/h6-10,12,25H,1-5,11H2,(H,26,27). The van der Waals surface area contributed by atoms with E-state index in [2.05, 4.69) is 4.98 Å². The van der Waals surface area contributed by atoms with Gasteiger partial charge >= 0.3 is 12.1 Å². The van der Waals surface area contributed by atoms with Gasteiger partial charge in [0.1, 0.15) is 17.1 Å². The molecule has 1 fully saturated rings. The van der Waals surface area contributed by atoms with Crippen molar-refractivity contribution in [1.29, 1.82) is 0 Å².